The predicted molar refractivity (Wildman–Crippen MR) is 74.9 cm³/mol. The maximum Gasteiger partial charge on any atom is 0.289 e. The van der Waals surface area contributed by atoms with Crippen molar-refractivity contribution in [3.05, 3.63) is 46.7 Å². The molecule has 1 N–H and O–H groups in total. The molecule has 0 aliphatic carbocycles. The number of allylic oxidation sites excluding steroid dienone is 1. The van der Waals surface area contributed by atoms with E-state index in [0.717, 1.165) is 11.3 Å². The van der Waals surface area contributed by atoms with Gasteiger partial charge in [-0.25, -0.2) is 4.99 Å². The highest BCUT2D eigenvalue weighted by Crippen LogP contribution is 2.31. The summed E-state index contributed by atoms with van der Waals surface area (Å²) in [6, 6.07) is 8.18. The third-order valence-electron chi connectivity index (χ3n) is 3.18. The Kier molecular flexibility index (Phi) is 3.69. The quantitative estimate of drug-likeness (QED) is 0.886. The number of aliphatic imine (C=N–C) groups is 1. The molecule has 100 valence electrons. The van der Waals surface area contributed by atoms with Gasteiger partial charge in [0.1, 0.15) is 6.04 Å². The molecule has 4 nitrogen and oxygen atoms in total. The molecule has 1 aliphatic rings. The van der Waals surface area contributed by atoms with Gasteiger partial charge in [-0.05, 0) is 26.3 Å². The van der Waals surface area contributed by atoms with Gasteiger partial charge in [-0.1, -0.05) is 29.8 Å². The zero-order valence-corrected chi connectivity index (χ0v) is 11.7. The molecular weight excluding hydrogens is 240 g/mol. The van der Waals surface area contributed by atoms with Crippen molar-refractivity contribution in [1.29, 1.82) is 0 Å². The van der Waals surface area contributed by atoms with Crippen LogP contribution in [-0.2, 0) is 9.53 Å². The number of hydrogen-bond acceptors (Lipinski definition) is 4. The second-order valence-corrected chi connectivity index (χ2v) is 4.67. The number of rotatable bonds is 2. The van der Waals surface area contributed by atoms with Crippen LogP contribution in [0.25, 0.3) is 0 Å². The summed E-state index contributed by atoms with van der Waals surface area (Å²) in [5.74, 6) is 0.0227. The molecular formula is C15H18N2O2. The van der Waals surface area contributed by atoms with E-state index in [0.29, 0.717) is 11.6 Å². The lowest BCUT2D eigenvalue weighted by Crippen LogP contribution is -2.32. The Balaban J connectivity index is 2.48. The van der Waals surface area contributed by atoms with Crippen LogP contribution in [0.5, 0.6) is 0 Å². The number of methoxy groups -OCH3 is 1. The van der Waals surface area contributed by atoms with Crippen molar-refractivity contribution in [2.45, 2.75) is 26.8 Å². The largest absolute Gasteiger partial charge is 0.468 e. The van der Waals surface area contributed by atoms with Crippen LogP contribution < -0.4 is 5.32 Å². The van der Waals surface area contributed by atoms with Crippen molar-refractivity contribution in [2.24, 2.45) is 4.99 Å². The Labute approximate surface area is 113 Å². The molecule has 1 aromatic carbocycles. The van der Waals surface area contributed by atoms with E-state index in [2.05, 4.69) is 10.3 Å². The van der Waals surface area contributed by atoms with Gasteiger partial charge < -0.3 is 10.1 Å². The van der Waals surface area contributed by atoms with Crippen LogP contribution in [0.3, 0.4) is 0 Å². The number of ketones is 1. The number of nitrogens with zero attached hydrogens (tertiary/aromatic N) is 1. The van der Waals surface area contributed by atoms with E-state index in [1.807, 2.05) is 38.1 Å². The summed E-state index contributed by atoms with van der Waals surface area (Å²) in [7, 11) is 1.56. The summed E-state index contributed by atoms with van der Waals surface area (Å²) in [4.78, 5) is 16.3. The third-order valence-corrected chi connectivity index (χ3v) is 3.18. The minimum atomic E-state index is -0.297. The first kappa shape index (κ1) is 13.3. The highest BCUT2D eigenvalue weighted by molar-refractivity contribution is 5.97. The first-order valence-electron chi connectivity index (χ1n) is 6.20. The van der Waals surface area contributed by atoms with Gasteiger partial charge in [-0.2, -0.15) is 0 Å². The molecule has 0 bridgehead atoms. The van der Waals surface area contributed by atoms with Crippen LogP contribution in [0.1, 0.15) is 31.0 Å². The maximum absolute atomic E-state index is 11.8. The first-order chi connectivity index (χ1) is 9.02. The Bertz CT molecular complexity index is 556. The minimum absolute atomic E-state index is 0.0227. The number of ether oxygens (including phenoxy) is 1. The normalized spacial score (nSPS) is 18.7. The average Bonchev–Trinajstić information content (AvgIpc) is 2.38. The summed E-state index contributed by atoms with van der Waals surface area (Å²) in [6.07, 6.45) is 0. The molecule has 0 radical (unpaired) electrons. The summed E-state index contributed by atoms with van der Waals surface area (Å²) in [5.41, 5.74) is 3.65. The molecule has 0 amide bonds. The zero-order valence-electron chi connectivity index (χ0n) is 11.7. The lowest BCUT2D eigenvalue weighted by Gasteiger charge is -2.24. The molecule has 0 saturated heterocycles. The van der Waals surface area contributed by atoms with Gasteiger partial charge in [0.05, 0.1) is 7.11 Å². The number of Topliss-reactive ketones (excluding diaryl/α,β-unsaturated/α-hetero) is 1. The van der Waals surface area contributed by atoms with Gasteiger partial charge in [0, 0.05) is 11.3 Å². The Morgan fingerprint density at radius 2 is 1.89 bits per heavy atom. The summed E-state index contributed by atoms with van der Waals surface area (Å²) in [6.45, 7) is 5.46. The number of hydrogen-bond donors (Lipinski definition) is 1. The van der Waals surface area contributed by atoms with E-state index < -0.39 is 0 Å². The predicted octanol–water partition coefficient (Wildman–Crippen LogP) is 2.50. The molecule has 1 unspecified atom stereocenters. The minimum Gasteiger partial charge on any atom is -0.468 e. The van der Waals surface area contributed by atoms with Gasteiger partial charge in [-0.15, -0.1) is 0 Å². The van der Waals surface area contributed by atoms with E-state index in [9.17, 15) is 4.79 Å². The van der Waals surface area contributed by atoms with Crippen molar-refractivity contribution in [3.63, 3.8) is 0 Å². The van der Waals surface area contributed by atoms with Crippen LogP contribution >= 0.6 is 0 Å². The molecule has 0 aromatic heterocycles. The zero-order chi connectivity index (χ0) is 14.0. The number of carbonyl (C=O) groups is 1. The van der Waals surface area contributed by atoms with Gasteiger partial charge in [-0.3, -0.25) is 4.79 Å². The van der Waals surface area contributed by atoms with Crippen LogP contribution in [0.2, 0.25) is 0 Å². The van der Waals surface area contributed by atoms with Crippen molar-refractivity contribution < 1.29 is 9.53 Å². The molecule has 2 rings (SSSR count). The highest BCUT2D eigenvalue weighted by Gasteiger charge is 2.27. The second-order valence-electron chi connectivity index (χ2n) is 4.67. The van der Waals surface area contributed by atoms with Crippen LogP contribution in [0.15, 0.2) is 40.5 Å². The Hall–Kier alpha value is -2.10. The summed E-state index contributed by atoms with van der Waals surface area (Å²) < 4.78 is 5.16. The van der Waals surface area contributed by atoms with E-state index in [1.165, 1.54) is 5.56 Å². The fourth-order valence-corrected chi connectivity index (χ4v) is 2.20. The molecule has 0 saturated carbocycles. The first-order valence-corrected chi connectivity index (χ1v) is 6.20. The lowest BCUT2D eigenvalue weighted by molar-refractivity contribution is -0.114. The van der Waals surface area contributed by atoms with Crippen molar-refractivity contribution in [2.75, 3.05) is 7.11 Å². The monoisotopic (exact) mass is 258 g/mol. The number of benzene rings is 1. The molecule has 0 fully saturated rings. The molecule has 1 aliphatic heterocycles. The molecule has 4 heteroatoms. The average molecular weight is 258 g/mol. The van der Waals surface area contributed by atoms with Gasteiger partial charge in [0.25, 0.3) is 6.02 Å². The van der Waals surface area contributed by atoms with E-state index in [1.54, 1.807) is 14.0 Å². The molecule has 0 spiro atoms. The van der Waals surface area contributed by atoms with Crippen LogP contribution in [0, 0.1) is 6.92 Å². The van der Waals surface area contributed by atoms with Crippen molar-refractivity contribution in [3.8, 4) is 0 Å². The SMILES string of the molecule is COC1=NC(c2ccc(C)cc2)C(C(C)=O)=C(C)N1. The Morgan fingerprint density at radius 1 is 1.26 bits per heavy atom. The molecule has 1 heterocycles. The maximum atomic E-state index is 11.8. The standard InChI is InChI=1S/C15H18N2O2/c1-9-5-7-12(8-6-9)14-13(11(3)18)10(2)16-15(17-14)19-4/h5-8,14H,1-4H3,(H,16,17). The topological polar surface area (TPSA) is 50.7 Å². The van der Waals surface area contributed by atoms with Gasteiger partial charge in [0.2, 0.25) is 0 Å². The van der Waals surface area contributed by atoms with Crippen LogP contribution in [0.4, 0.5) is 0 Å². The number of amidine groups is 1. The molecule has 1 aromatic rings. The lowest BCUT2D eigenvalue weighted by atomic mass is 9.93. The van der Waals surface area contributed by atoms with E-state index in [-0.39, 0.29) is 11.8 Å². The number of carbonyl (C=O) groups excluding carboxylic acids is 1. The van der Waals surface area contributed by atoms with Gasteiger partial charge >= 0.3 is 0 Å². The van der Waals surface area contributed by atoms with Crippen molar-refractivity contribution >= 4 is 11.8 Å². The fraction of sp³-hybridized carbons (Fsp3) is 0.333. The smallest absolute Gasteiger partial charge is 0.289 e. The second kappa shape index (κ2) is 5.26. The summed E-state index contributed by atoms with van der Waals surface area (Å²) in [5, 5.41) is 3.00. The fourth-order valence-electron chi connectivity index (χ4n) is 2.20. The highest BCUT2D eigenvalue weighted by atomic mass is 16.5. The number of nitrogens with one attached hydrogen (secondary N) is 1. The van der Waals surface area contributed by atoms with Gasteiger partial charge in [0.15, 0.2) is 5.78 Å². The third kappa shape index (κ3) is 2.67. The molecule has 19 heavy (non-hydrogen) atoms. The van der Waals surface area contributed by atoms with E-state index >= 15 is 0 Å². The Morgan fingerprint density at radius 3 is 2.42 bits per heavy atom. The number of aryl methyl sites for hydroxylation is 1. The van der Waals surface area contributed by atoms with Crippen LogP contribution in [-0.4, -0.2) is 18.9 Å². The molecule has 1 atom stereocenters. The van der Waals surface area contributed by atoms with E-state index in [4.69, 9.17) is 4.74 Å². The van der Waals surface area contributed by atoms with Crippen molar-refractivity contribution in [1.82, 2.24) is 5.32 Å². The summed E-state index contributed by atoms with van der Waals surface area (Å²) >= 11 is 0.